The Kier molecular flexibility index (Phi) is 5.00. The molecule has 1 amide bonds. The number of nitrogen functional groups attached to an aromatic ring is 1. The van der Waals surface area contributed by atoms with Crippen LogP contribution in [0.25, 0.3) is 0 Å². The van der Waals surface area contributed by atoms with Crippen molar-refractivity contribution >= 4 is 11.7 Å². The van der Waals surface area contributed by atoms with Crippen LogP contribution in [0.4, 0.5) is 5.82 Å². The summed E-state index contributed by atoms with van der Waals surface area (Å²) < 4.78 is 1.49. The van der Waals surface area contributed by atoms with E-state index in [0.717, 1.165) is 18.8 Å². The van der Waals surface area contributed by atoms with Gasteiger partial charge in [-0.3, -0.25) is 9.48 Å². The molecule has 0 fully saturated rings. The molecule has 1 aromatic rings. The number of unbranched alkanes of at least 4 members (excludes halogenated alkanes) is 1. The van der Waals surface area contributed by atoms with Crippen LogP contribution >= 0.6 is 0 Å². The van der Waals surface area contributed by atoms with Crippen molar-refractivity contribution in [2.45, 2.75) is 33.1 Å². The predicted octanol–water partition coefficient (Wildman–Crippen LogP) is 1.56. The van der Waals surface area contributed by atoms with E-state index in [1.165, 1.54) is 17.3 Å². The summed E-state index contributed by atoms with van der Waals surface area (Å²) in [5.74, 6) is 0.990. The van der Waals surface area contributed by atoms with Gasteiger partial charge in [0.05, 0.1) is 6.20 Å². The molecule has 0 aliphatic rings. The Morgan fingerprint density at radius 3 is 2.76 bits per heavy atom. The number of nitrogens with two attached hydrogens (primary N) is 1. The summed E-state index contributed by atoms with van der Waals surface area (Å²) >= 11 is 0. The second-order valence-corrected chi connectivity index (χ2v) is 4.71. The van der Waals surface area contributed by atoms with Crippen molar-refractivity contribution in [1.29, 1.82) is 0 Å². The highest BCUT2D eigenvalue weighted by Crippen LogP contribution is 2.09. The van der Waals surface area contributed by atoms with Gasteiger partial charge < -0.3 is 11.1 Å². The first kappa shape index (κ1) is 13.5. The van der Waals surface area contributed by atoms with Gasteiger partial charge in [-0.2, -0.15) is 5.10 Å². The lowest BCUT2D eigenvalue weighted by Gasteiger charge is -2.06. The van der Waals surface area contributed by atoms with E-state index in [4.69, 9.17) is 5.73 Å². The number of anilines is 1. The van der Waals surface area contributed by atoms with Crippen LogP contribution in [0.15, 0.2) is 6.20 Å². The average Bonchev–Trinajstić information content (AvgIpc) is 2.59. The first-order valence-electron chi connectivity index (χ1n) is 6.08. The fourth-order valence-electron chi connectivity index (χ4n) is 1.60. The van der Waals surface area contributed by atoms with Gasteiger partial charge in [0.25, 0.3) is 5.91 Å². The van der Waals surface area contributed by atoms with Gasteiger partial charge in [0.1, 0.15) is 11.4 Å². The highest BCUT2D eigenvalue weighted by Gasteiger charge is 2.12. The fourth-order valence-corrected chi connectivity index (χ4v) is 1.60. The van der Waals surface area contributed by atoms with E-state index in [9.17, 15) is 4.79 Å². The highest BCUT2D eigenvalue weighted by atomic mass is 16.1. The SMILES string of the molecule is CC(C)CCCCNC(=O)c1cnn(C)c1N. The summed E-state index contributed by atoms with van der Waals surface area (Å²) in [6.07, 6.45) is 4.84. The molecular weight excluding hydrogens is 216 g/mol. The van der Waals surface area contributed by atoms with Crippen molar-refractivity contribution in [2.24, 2.45) is 13.0 Å². The van der Waals surface area contributed by atoms with Gasteiger partial charge in [-0.25, -0.2) is 0 Å². The summed E-state index contributed by atoms with van der Waals surface area (Å²) in [5.41, 5.74) is 6.17. The van der Waals surface area contributed by atoms with Crippen molar-refractivity contribution in [3.05, 3.63) is 11.8 Å². The molecule has 0 atom stereocenters. The highest BCUT2D eigenvalue weighted by molar-refractivity contribution is 5.98. The zero-order valence-electron chi connectivity index (χ0n) is 10.9. The van der Waals surface area contributed by atoms with E-state index in [-0.39, 0.29) is 5.91 Å². The minimum absolute atomic E-state index is 0.139. The van der Waals surface area contributed by atoms with Crippen LogP contribution in [0.3, 0.4) is 0 Å². The molecule has 17 heavy (non-hydrogen) atoms. The van der Waals surface area contributed by atoms with Crippen molar-refractivity contribution in [3.63, 3.8) is 0 Å². The molecule has 0 aromatic carbocycles. The number of carbonyl (C=O) groups excluding carboxylic acids is 1. The maximum atomic E-state index is 11.7. The second kappa shape index (κ2) is 6.27. The molecule has 0 unspecified atom stereocenters. The molecule has 96 valence electrons. The van der Waals surface area contributed by atoms with E-state index < -0.39 is 0 Å². The number of hydrogen-bond acceptors (Lipinski definition) is 3. The summed E-state index contributed by atoms with van der Waals surface area (Å²) in [6.45, 7) is 5.10. The second-order valence-electron chi connectivity index (χ2n) is 4.71. The van der Waals surface area contributed by atoms with Crippen LogP contribution in [-0.2, 0) is 7.05 Å². The van der Waals surface area contributed by atoms with Crippen molar-refractivity contribution < 1.29 is 4.79 Å². The number of aryl methyl sites for hydroxylation is 1. The number of rotatable bonds is 6. The van der Waals surface area contributed by atoms with Crippen LogP contribution in [0.5, 0.6) is 0 Å². The molecule has 0 saturated heterocycles. The minimum atomic E-state index is -0.139. The first-order valence-corrected chi connectivity index (χ1v) is 6.08. The maximum Gasteiger partial charge on any atom is 0.256 e. The van der Waals surface area contributed by atoms with Gasteiger partial charge in [-0.1, -0.05) is 26.7 Å². The van der Waals surface area contributed by atoms with Crippen LogP contribution in [-0.4, -0.2) is 22.2 Å². The Morgan fingerprint density at radius 1 is 1.53 bits per heavy atom. The number of amides is 1. The van der Waals surface area contributed by atoms with Crippen LogP contribution in [0.1, 0.15) is 43.5 Å². The molecule has 0 saturated carbocycles. The number of nitrogens with zero attached hydrogens (tertiary/aromatic N) is 2. The normalized spacial score (nSPS) is 10.8. The van der Waals surface area contributed by atoms with Gasteiger partial charge in [0.15, 0.2) is 0 Å². The van der Waals surface area contributed by atoms with Crippen molar-refractivity contribution in [2.75, 3.05) is 12.3 Å². The smallest absolute Gasteiger partial charge is 0.256 e. The van der Waals surface area contributed by atoms with E-state index in [2.05, 4.69) is 24.3 Å². The molecule has 1 heterocycles. The number of aromatic nitrogens is 2. The summed E-state index contributed by atoms with van der Waals surface area (Å²) in [5, 5.41) is 6.79. The molecule has 0 aliphatic heterocycles. The molecule has 1 rings (SSSR count). The first-order chi connectivity index (χ1) is 8.02. The van der Waals surface area contributed by atoms with Gasteiger partial charge in [-0.05, 0) is 12.3 Å². The Bertz CT molecular complexity index is 371. The van der Waals surface area contributed by atoms with E-state index >= 15 is 0 Å². The molecule has 5 heteroatoms. The summed E-state index contributed by atoms with van der Waals surface area (Å²) in [7, 11) is 1.72. The summed E-state index contributed by atoms with van der Waals surface area (Å²) in [6, 6.07) is 0. The lowest BCUT2D eigenvalue weighted by Crippen LogP contribution is -2.25. The van der Waals surface area contributed by atoms with Crippen molar-refractivity contribution in [3.8, 4) is 0 Å². The zero-order chi connectivity index (χ0) is 12.8. The third-order valence-electron chi connectivity index (χ3n) is 2.72. The largest absolute Gasteiger partial charge is 0.383 e. The van der Waals surface area contributed by atoms with Gasteiger partial charge in [0, 0.05) is 13.6 Å². The molecule has 5 nitrogen and oxygen atoms in total. The topological polar surface area (TPSA) is 72.9 Å². The maximum absolute atomic E-state index is 11.7. The molecular formula is C12H22N4O. The van der Waals surface area contributed by atoms with Gasteiger partial charge >= 0.3 is 0 Å². The molecule has 0 bridgehead atoms. The average molecular weight is 238 g/mol. The summed E-state index contributed by atoms with van der Waals surface area (Å²) in [4.78, 5) is 11.7. The fraction of sp³-hybridized carbons (Fsp3) is 0.667. The zero-order valence-corrected chi connectivity index (χ0v) is 10.9. The number of hydrogen-bond donors (Lipinski definition) is 2. The minimum Gasteiger partial charge on any atom is -0.383 e. The Morgan fingerprint density at radius 2 is 2.24 bits per heavy atom. The third kappa shape index (κ3) is 4.09. The lowest BCUT2D eigenvalue weighted by molar-refractivity contribution is 0.0953. The van der Waals surface area contributed by atoms with E-state index in [1.54, 1.807) is 7.05 Å². The standard InChI is InChI=1S/C12H22N4O/c1-9(2)6-4-5-7-14-12(17)10-8-15-16(3)11(10)13/h8-9H,4-7,13H2,1-3H3,(H,14,17). The van der Waals surface area contributed by atoms with E-state index in [0.29, 0.717) is 17.9 Å². The molecule has 0 aliphatic carbocycles. The Hall–Kier alpha value is -1.52. The van der Waals surface area contributed by atoms with Crippen molar-refractivity contribution in [1.82, 2.24) is 15.1 Å². The molecule has 3 N–H and O–H groups in total. The lowest BCUT2D eigenvalue weighted by atomic mass is 10.1. The quantitative estimate of drug-likeness (QED) is 0.739. The van der Waals surface area contributed by atoms with Gasteiger partial charge in [-0.15, -0.1) is 0 Å². The number of carbonyl (C=O) groups is 1. The Balaban J connectivity index is 2.28. The van der Waals surface area contributed by atoms with E-state index in [1.807, 2.05) is 0 Å². The third-order valence-corrected chi connectivity index (χ3v) is 2.72. The molecule has 1 aromatic heterocycles. The number of nitrogens with one attached hydrogen (secondary N) is 1. The predicted molar refractivity (Wildman–Crippen MR) is 68.6 cm³/mol. The monoisotopic (exact) mass is 238 g/mol. The Labute approximate surface area is 102 Å². The van der Waals surface area contributed by atoms with Gasteiger partial charge in [0.2, 0.25) is 0 Å². The van der Waals surface area contributed by atoms with Crippen LogP contribution < -0.4 is 11.1 Å². The van der Waals surface area contributed by atoms with Crippen LogP contribution in [0, 0.1) is 5.92 Å². The molecule has 0 radical (unpaired) electrons. The molecule has 0 spiro atoms. The van der Waals surface area contributed by atoms with Crippen LogP contribution in [0.2, 0.25) is 0 Å².